The number of nitrogens with two attached hydrogens (primary N) is 1. The zero-order chi connectivity index (χ0) is 12.8. The maximum absolute atomic E-state index is 11.5. The van der Waals surface area contributed by atoms with Crippen LogP contribution in [0.1, 0.15) is 25.3 Å². The van der Waals surface area contributed by atoms with Crippen molar-refractivity contribution in [1.82, 2.24) is 0 Å². The van der Waals surface area contributed by atoms with Gasteiger partial charge in [0.05, 0.1) is 9.92 Å². The summed E-state index contributed by atoms with van der Waals surface area (Å²) in [7, 11) is -3.26. The fraction of sp³-hybridized carbons (Fsp3) is 0.500. The van der Waals surface area contributed by atoms with Crippen molar-refractivity contribution in [2.75, 3.05) is 6.26 Å². The van der Waals surface area contributed by atoms with E-state index in [0.717, 1.165) is 24.7 Å². The molecule has 1 aromatic carbocycles. The van der Waals surface area contributed by atoms with E-state index >= 15 is 0 Å². The minimum Gasteiger partial charge on any atom is -0.327 e. The molecule has 0 amide bonds. The Morgan fingerprint density at radius 3 is 2.35 bits per heavy atom. The second-order valence-electron chi connectivity index (χ2n) is 4.86. The molecule has 1 aliphatic rings. The molecule has 0 bridgehead atoms. The van der Waals surface area contributed by atoms with Crippen molar-refractivity contribution in [3.05, 3.63) is 28.8 Å². The molecule has 0 radical (unpaired) electrons. The van der Waals surface area contributed by atoms with Crippen LogP contribution in [0.5, 0.6) is 0 Å². The van der Waals surface area contributed by atoms with E-state index in [1.807, 2.05) is 13.0 Å². The fourth-order valence-corrected chi connectivity index (χ4v) is 3.58. The zero-order valence-corrected chi connectivity index (χ0v) is 11.5. The van der Waals surface area contributed by atoms with Crippen molar-refractivity contribution in [1.29, 1.82) is 0 Å². The Kier molecular flexibility index (Phi) is 3.00. The van der Waals surface area contributed by atoms with E-state index < -0.39 is 9.84 Å². The molecule has 2 N–H and O–H groups in total. The zero-order valence-electron chi connectivity index (χ0n) is 9.90. The summed E-state index contributed by atoms with van der Waals surface area (Å²) in [4.78, 5) is 0.184. The maximum Gasteiger partial charge on any atom is 0.176 e. The Bertz CT molecular complexity index is 548. The lowest BCUT2D eigenvalue weighted by molar-refractivity contribution is 0.556. The number of halogens is 1. The summed E-state index contributed by atoms with van der Waals surface area (Å²) in [5, 5.41) is 0.289. The van der Waals surface area contributed by atoms with Crippen LogP contribution >= 0.6 is 11.6 Å². The van der Waals surface area contributed by atoms with Crippen LogP contribution in [0.15, 0.2) is 23.1 Å². The van der Waals surface area contributed by atoms with Crippen LogP contribution in [0.2, 0.25) is 5.02 Å². The SMILES string of the molecule is CC(N)C1(c2ccc(S(C)(=O)=O)c(Cl)c2)CC1. The lowest BCUT2D eigenvalue weighted by Crippen LogP contribution is -2.31. The topological polar surface area (TPSA) is 60.2 Å². The molecule has 0 aromatic heterocycles. The van der Waals surface area contributed by atoms with Gasteiger partial charge in [-0.2, -0.15) is 0 Å². The van der Waals surface area contributed by atoms with Gasteiger partial charge in [-0.1, -0.05) is 17.7 Å². The van der Waals surface area contributed by atoms with Gasteiger partial charge in [0.2, 0.25) is 0 Å². The van der Waals surface area contributed by atoms with Crippen LogP contribution in [0, 0.1) is 0 Å². The molecular weight excluding hydrogens is 258 g/mol. The number of rotatable bonds is 3. The first-order valence-electron chi connectivity index (χ1n) is 5.53. The molecule has 17 heavy (non-hydrogen) atoms. The third-order valence-electron chi connectivity index (χ3n) is 3.57. The van der Waals surface area contributed by atoms with Gasteiger partial charge in [-0.05, 0) is 37.5 Å². The highest BCUT2D eigenvalue weighted by Gasteiger charge is 2.47. The predicted octanol–water partition coefficient (Wildman–Crippen LogP) is 2.12. The van der Waals surface area contributed by atoms with Crippen molar-refractivity contribution < 1.29 is 8.42 Å². The number of hydrogen-bond acceptors (Lipinski definition) is 3. The van der Waals surface area contributed by atoms with E-state index in [9.17, 15) is 8.42 Å². The molecule has 0 aliphatic heterocycles. The first-order chi connectivity index (χ1) is 7.77. The summed E-state index contributed by atoms with van der Waals surface area (Å²) in [6.45, 7) is 1.98. The Morgan fingerprint density at radius 1 is 1.41 bits per heavy atom. The third kappa shape index (κ3) is 2.21. The summed E-state index contributed by atoms with van der Waals surface area (Å²) in [5.74, 6) is 0. The van der Waals surface area contributed by atoms with Gasteiger partial charge in [0, 0.05) is 17.7 Å². The van der Waals surface area contributed by atoms with Crippen LogP contribution < -0.4 is 5.73 Å². The van der Waals surface area contributed by atoms with Gasteiger partial charge in [-0.15, -0.1) is 0 Å². The summed E-state index contributed by atoms with van der Waals surface area (Å²) < 4.78 is 22.9. The Hall–Kier alpha value is -0.580. The summed E-state index contributed by atoms with van der Waals surface area (Å²) >= 11 is 6.03. The van der Waals surface area contributed by atoms with Crippen molar-refractivity contribution in [2.24, 2.45) is 5.73 Å². The van der Waals surface area contributed by atoms with Crippen molar-refractivity contribution >= 4 is 21.4 Å². The molecule has 0 saturated heterocycles. The van der Waals surface area contributed by atoms with Gasteiger partial charge >= 0.3 is 0 Å². The lowest BCUT2D eigenvalue weighted by Gasteiger charge is -2.20. The van der Waals surface area contributed by atoms with Gasteiger partial charge in [-0.25, -0.2) is 8.42 Å². The molecule has 5 heteroatoms. The van der Waals surface area contributed by atoms with Gasteiger partial charge in [0.15, 0.2) is 9.84 Å². The van der Waals surface area contributed by atoms with E-state index in [0.29, 0.717) is 0 Å². The Labute approximate surface area is 107 Å². The minimum atomic E-state index is -3.26. The van der Waals surface area contributed by atoms with Crippen LogP contribution in [0.3, 0.4) is 0 Å². The standard InChI is InChI=1S/C12H16ClNO2S/c1-8(14)12(5-6-12)9-3-4-11(10(13)7-9)17(2,15)16/h3-4,7-8H,5-6,14H2,1-2H3. The fourth-order valence-electron chi connectivity index (χ4n) is 2.25. The summed E-state index contributed by atoms with van der Waals surface area (Å²) in [5.41, 5.74) is 7.02. The van der Waals surface area contributed by atoms with Gasteiger partial charge in [-0.3, -0.25) is 0 Å². The second kappa shape index (κ2) is 3.97. The number of hydrogen-bond donors (Lipinski definition) is 1. The van der Waals surface area contributed by atoms with E-state index in [1.165, 1.54) is 0 Å². The number of sulfone groups is 1. The molecule has 1 saturated carbocycles. The van der Waals surface area contributed by atoms with Crippen LogP contribution in [-0.2, 0) is 15.3 Å². The summed E-state index contributed by atoms with van der Waals surface area (Å²) in [6, 6.07) is 5.21. The Balaban J connectivity index is 2.46. The summed E-state index contributed by atoms with van der Waals surface area (Å²) in [6.07, 6.45) is 3.24. The molecule has 1 unspecified atom stereocenters. The highest BCUT2D eigenvalue weighted by molar-refractivity contribution is 7.90. The smallest absolute Gasteiger partial charge is 0.176 e. The molecule has 1 aliphatic carbocycles. The predicted molar refractivity (Wildman–Crippen MR) is 69.1 cm³/mol. The van der Waals surface area contributed by atoms with Crippen LogP contribution in [0.25, 0.3) is 0 Å². The van der Waals surface area contributed by atoms with Gasteiger partial charge in [0.1, 0.15) is 0 Å². The lowest BCUT2D eigenvalue weighted by atomic mass is 9.90. The average molecular weight is 274 g/mol. The van der Waals surface area contributed by atoms with E-state index in [1.54, 1.807) is 12.1 Å². The molecule has 2 rings (SSSR count). The molecule has 3 nitrogen and oxygen atoms in total. The Morgan fingerprint density at radius 2 is 2.00 bits per heavy atom. The van der Waals surface area contributed by atoms with Crippen molar-refractivity contribution in [3.8, 4) is 0 Å². The van der Waals surface area contributed by atoms with E-state index in [-0.39, 0.29) is 21.4 Å². The highest BCUT2D eigenvalue weighted by atomic mass is 35.5. The quantitative estimate of drug-likeness (QED) is 0.918. The van der Waals surface area contributed by atoms with Crippen molar-refractivity contribution in [2.45, 2.75) is 36.1 Å². The molecule has 1 aromatic rings. The first-order valence-corrected chi connectivity index (χ1v) is 7.80. The number of benzene rings is 1. The van der Waals surface area contributed by atoms with E-state index in [4.69, 9.17) is 17.3 Å². The molecule has 1 atom stereocenters. The molecular formula is C12H16ClNO2S. The highest BCUT2D eigenvalue weighted by Crippen LogP contribution is 2.51. The van der Waals surface area contributed by atoms with Crippen molar-refractivity contribution in [3.63, 3.8) is 0 Å². The molecule has 1 fully saturated rings. The molecule has 0 spiro atoms. The normalized spacial score (nSPS) is 20.0. The van der Waals surface area contributed by atoms with Crippen LogP contribution in [0.4, 0.5) is 0 Å². The first kappa shape index (κ1) is 12.9. The largest absolute Gasteiger partial charge is 0.327 e. The van der Waals surface area contributed by atoms with Crippen LogP contribution in [-0.4, -0.2) is 20.7 Å². The molecule has 0 heterocycles. The van der Waals surface area contributed by atoms with Gasteiger partial charge < -0.3 is 5.73 Å². The van der Waals surface area contributed by atoms with Gasteiger partial charge in [0.25, 0.3) is 0 Å². The second-order valence-corrected chi connectivity index (χ2v) is 7.25. The average Bonchev–Trinajstić information content (AvgIpc) is 2.95. The van der Waals surface area contributed by atoms with E-state index in [2.05, 4.69) is 0 Å². The molecule has 94 valence electrons. The minimum absolute atomic E-state index is 0.000324. The monoisotopic (exact) mass is 273 g/mol. The third-order valence-corrected chi connectivity index (χ3v) is 5.15. The maximum atomic E-state index is 11.5.